The Morgan fingerprint density at radius 3 is 2.38 bits per heavy atom. The van der Waals surface area contributed by atoms with Gasteiger partial charge in [-0.3, -0.25) is 4.57 Å². The molecule has 3 aromatic carbocycles. The van der Waals surface area contributed by atoms with Crippen molar-refractivity contribution >= 4 is 21.8 Å². The third-order valence-electron chi connectivity index (χ3n) is 6.15. The fourth-order valence-corrected chi connectivity index (χ4v) is 4.47. The van der Waals surface area contributed by atoms with Crippen LogP contribution < -0.4 is 4.74 Å². The molecular weight excluding hydrogens is 418 g/mol. The highest BCUT2D eigenvalue weighted by Crippen LogP contribution is 2.35. The maximum absolute atomic E-state index is 6.09. The lowest BCUT2D eigenvalue weighted by Gasteiger charge is -2.10. The Balaban J connectivity index is 1.50. The number of para-hydroxylation sites is 1. The summed E-state index contributed by atoms with van der Waals surface area (Å²) in [4.78, 5) is 9.05. The van der Waals surface area contributed by atoms with Gasteiger partial charge in [0.05, 0.1) is 11.0 Å². The maximum Gasteiger partial charge on any atom is 0.222 e. The van der Waals surface area contributed by atoms with Gasteiger partial charge in [-0.2, -0.15) is 0 Å². The Labute approximate surface area is 198 Å². The highest BCUT2D eigenvalue weighted by molar-refractivity contribution is 6.10. The van der Waals surface area contributed by atoms with Crippen LogP contribution in [0.15, 0.2) is 103 Å². The Kier molecular flexibility index (Phi) is 4.84. The summed E-state index contributed by atoms with van der Waals surface area (Å²) < 4.78 is 8.34. The molecule has 0 saturated heterocycles. The molecule has 0 aliphatic rings. The zero-order valence-electron chi connectivity index (χ0n) is 19.1. The molecule has 0 N–H and O–H groups in total. The monoisotopic (exact) mass is 441 g/mol. The Morgan fingerprint density at radius 1 is 0.647 bits per heavy atom. The number of ether oxygens (including phenoxy) is 1. The van der Waals surface area contributed by atoms with Gasteiger partial charge in [-0.15, -0.1) is 0 Å². The van der Waals surface area contributed by atoms with Gasteiger partial charge in [0.1, 0.15) is 11.6 Å². The molecule has 0 radical (unpaired) electrons. The fourth-order valence-electron chi connectivity index (χ4n) is 4.47. The summed E-state index contributed by atoms with van der Waals surface area (Å²) in [7, 11) is 0. The predicted octanol–water partition coefficient (Wildman–Crippen LogP) is 7.65. The SMILES string of the molecule is Cc1ccnc(-n2c3ccccc3c3ccc(-c4cccc(Oc5ncccc5C)c4)cc32)c1. The van der Waals surface area contributed by atoms with E-state index in [2.05, 4.69) is 82.1 Å². The first-order valence-electron chi connectivity index (χ1n) is 11.3. The fraction of sp³-hybridized carbons (Fsp3) is 0.0667. The van der Waals surface area contributed by atoms with Crippen LogP contribution in [-0.2, 0) is 0 Å². The van der Waals surface area contributed by atoms with Crippen molar-refractivity contribution < 1.29 is 4.74 Å². The molecule has 0 unspecified atom stereocenters. The molecule has 6 aromatic rings. The molecule has 0 amide bonds. The zero-order valence-corrected chi connectivity index (χ0v) is 19.1. The lowest BCUT2D eigenvalue weighted by molar-refractivity contribution is 0.459. The van der Waals surface area contributed by atoms with E-state index in [1.54, 1.807) is 6.20 Å². The Morgan fingerprint density at radius 2 is 1.50 bits per heavy atom. The zero-order chi connectivity index (χ0) is 23.1. The van der Waals surface area contributed by atoms with Crippen LogP contribution in [0.5, 0.6) is 11.6 Å². The summed E-state index contributed by atoms with van der Waals surface area (Å²) in [6, 6.07) is 31.3. The van der Waals surface area contributed by atoms with Gasteiger partial charge >= 0.3 is 0 Å². The minimum atomic E-state index is 0.626. The van der Waals surface area contributed by atoms with Crippen LogP contribution in [-0.4, -0.2) is 14.5 Å². The second kappa shape index (κ2) is 8.16. The van der Waals surface area contributed by atoms with Gasteiger partial charge in [-0.05, 0) is 73.0 Å². The molecule has 0 fully saturated rings. The number of hydrogen-bond acceptors (Lipinski definition) is 3. The number of aryl methyl sites for hydroxylation is 2. The minimum absolute atomic E-state index is 0.626. The van der Waals surface area contributed by atoms with Crippen LogP contribution in [0.25, 0.3) is 38.8 Å². The molecule has 3 aromatic heterocycles. The number of benzene rings is 3. The van der Waals surface area contributed by atoms with Crippen LogP contribution in [0.4, 0.5) is 0 Å². The number of rotatable bonds is 4. The summed E-state index contributed by atoms with van der Waals surface area (Å²) in [6.45, 7) is 4.09. The summed E-state index contributed by atoms with van der Waals surface area (Å²) in [5, 5.41) is 2.43. The molecule has 4 nitrogen and oxygen atoms in total. The predicted molar refractivity (Wildman–Crippen MR) is 138 cm³/mol. The average Bonchev–Trinajstić information content (AvgIpc) is 3.19. The summed E-state index contributed by atoms with van der Waals surface area (Å²) in [5.74, 6) is 2.31. The van der Waals surface area contributed by atoms with Gasteiger partial charge in [0.25, 0.3) is 0 Å². The summed E-state index contributed by atoms with van der Waals surface area (Å²) in [6.07, 6.45) is 3.62. The van der Waals surface area contributed by atoms with Gasteiger partial charge in [0.15, 0.2) is 0 Å². The summed E-state index contributed by atoms with van der Waals surface area (Å²) >= 11 is 0. The first kappa shape index (κ1) is 20.2. The summed E-state index contributed by atoms with van der Waals surface area (Å²) in [5.41, 5.74) is 6.67. The molecule has 3 heterocycles. The van der Waals surface area contributed by atoms with Gasteiger partial charge in [-0.1, -0.05) is 48.5 Å². The van der Waals surface area contributed by atoms with Crippen molar-refractivity contribution in [1.82, 2.24) is 14.5 Å². The number of hydrogen-bond donors (Lipinski definition) is 0. The van der Waals surface area contributed by atoms with Crippen LogP contribution in [0.2, 0.25) is 0 Å². The second-order valence-electron chi connectivity index (χ2n) is 8.53. The van der Waals surface area contributed by atoms with Crippen molar-refractivity contribution in [3.63, 3.8) is 0 Å². The lowest BCUT2D eigenvalue weighted by atomic mass is 10.0. The smallest absolute Gasteiger partial charge is 0.222 e. The van der Waals surface area contributed by atoms with Gasteiger partial charge < -0.3 is 4.74 Å². The van der Waals surface area contributed by atoms with Crippen LogP contribution in [0, 0.1) is 13.8 Å². The molecule has 0 bridgehead atoms. The van der Waals surface area contributed by atoms with Crippen LogP contribution >= 0.6 is 0 Å². The molecule has 164 valence electrons. The quantitative estimate of drug-likeness (QED) is 0.282. The molecule has 0 aliphatic heterocycles. The van der Waals surface area contributed by atoms with Crippen molar-refractivity contribution in [2.75, 3.05) is 0 Å². The normalized spacial score (nSPS) is 11.2. The van der Waals surface area contributed by atoms with E-state index < -0.39 is 0 Å². The maximum atomic E-state index is 6.09. The average molecular weight is 442 g/mol. The molecule has 0 atom stereocenters. The topological polar surface area (TPSA) is 39.9 Å². The Bertz CT molecular complexity index is 1670. The van der Waals surface area contributed by atoms with Crippen LogP contribution in [0.1, 0.15) is 11.1 Å². The third-order valence-corrected chi connectivity index (χ3v) is 6.15. The molecule has 4 heteroatoms. The van der Waals surface area contributed by atoms with E-state index in [1.807, 2.05) is 43.5 Å². The molecule has 34 heavy (non-hydrogen) atoms. The molecular formula is C30H23N3O. The number of aromatic nitrogens is 3. The minimum Gasteiger partial charge on any atom is -0.439 e. The van der Waals surface area contributed by atoms with Gasteiger partial charge in [0.2, 0.25) is 5.88 Å². The highest BCUT2D eigenvalue weighted by atomic mass is 16.5. The number of pyridine rings is 2. The van der Waals surface area contributed by atoms with E-state index >= 15 is 0 Å². The van der Waals surface area contributed by atoms with Crippen LogP contribution in [0.3, 0.4) is 0 Å². The molecule has 0 aliphatic carbocycles. The molecule has 6 rings (SSSR count). The van der Waals surface area contributed by atoms with E-state index in [1.165, 1.54) is 16.3 Å². The largest absolute Gasteiger partial charge is 0.439 e. The van der Waals surface area contributed by atoms with Crippen molar-refractivity contribution in [3.05, 3.63) is 115 Å². The lowest BCUT2D eigenvalue weighted by Crippen LogP contribution is -1.97. The van der Waals surface area contributed by atoms with E-state index in [4.69, 9.17) is 4.74 Å². The van der Waals surface area contributed by atoms with Crippen molar-refractivity contribution in [2.24, 2.45) is 0 Å². The standard InChI is InChI=1S/C30H23N3O/c1-20-14-16-31-29(17-20)33-27-11-4-3-10-25(27)26-13-12-23(19-28(26)33)22-8-5-9-24(18-22)34-30-21(2)7-6-15-32-30/h3-19H,1-2H3. The number of nitrogens with zero attached hydrogens (tertiary/aromatic N) is 3. The van der Waals surface area contributed by atoms with Gasteiger partial charge in [0, 0.05) is 28.7 Å². The van der Waals surface area contributed by atoms with E-state index in [0.29, 0.717) is 5.88 Å². The third kappa shape index (κ3) is 3.50. The molecule has 0 spiro atoms. The first-order chi connectivity index (χ1) is 16.7. The van der Waals surface area contributed by atoms with E-state index in [0.717, 1.165) is 39.3 Å². The second-order valence-corrected chi connectivity index (χ2v) is 8.53. The Hall–Kier alpha value is -4.44. The van der Waals surface area contributed by atoms with Gasteiger partial charge in [-0.25, -0.2) is 9.97 Å². The van der Waals surface area contributed by atoms with E-state index in [9.17, 15) is 0 Å². The highest BCUT2D eigenvalue weighted by Gasteiger charge is 2.14. The van der Waals surface area contributed by atoms with Crippen molar-refractivity contribution in [1.29, 1.82) is 0 Å². The van der Waals surface area contributed by atoms with E-state index in [-0.39, 0.29) is 0 Å². The molecule has 0 saturated carbocycles. The number of fused-ring (bicyclic) bond motifs is 3. The first-order valence-corrected chi connectivity index (χ1v) is 11.3. The van der Waals surface area contributed by atoms with Crippen molar-refractivity contribution in [3.8, 4) is 28.6 Å². The van der Waals surface area contributed by atoms with Crippen molar-refractivity contribution in [2.45, 2.75) is 13.8 Å².